The Kier molecular flexibility index (Phi) is 3.70. The Balaban J connectivity index is 1.34. The molecule has 23 heavy (non-hydrogen) atoms. The van der Waals surface area contributed by atoms with Gasteiger partial charge in [0.15, 0.2) is 5.76 Å². The molecule has 3 aromatic rings. The van der Waals surface area contributed by atoms with Crippen LogP contribution in [0.1, 0.15) is 30.2 Å². The normalized spacial score (nSPS) is 16.9. The van der Waals surface area contributed by atoms with Gasteiger partial charge in [0.2, 0.25) is 5.89 Å². The van der Waals surface area contributed by atoms with Crippen molar-refractivity contribution in [3.05, 3.63) is 42.2 Å². The maximum Gasteiger partial charge on any atom is 0.283 e. The smallest absolute Gasteiger partial charge is 0.283 e. The Morgan fingerprint density at radius 2 is 2.13 bits per heavy atom. The molecule has 0 spiro atoms. The van der Waals surface area contributed by atoms with E-state index in [0.717, 1.165) is 25.9 Å². The van der Waals surface area contributed by atoms with Crippen LogP contribution in [-0.2, 0) is 13.6 Å². The summed E-state index contributed by atoms with van der Waals surface area (Å²) in [5, 5.41) is 12.4. The lowest BCUT2D eigenvalue weighted by molar-refractivity contribution is 0.188. The van der Waals surface area contributed by atoms with Gasteiger partial charge in [0.25, 0.3) is 5.89 Å². The third kappa shape index (κ3) is 3.05. The van der Waals surface area contributed by atoms with Crippen LogP contribution < -0.4 is 0 Å². The number of hydrogen-bond donors (Lipinski definition) is 0. The summed E-state index contributed by atoms with van der Waals surface area (Å²) in [6.07, 6.45) is 7.96. The van der Waals surface area contributed by atoms with Crippen molar-refractivity contribution >= 4 is 0 Å². The van der Waals surface area contributed by atoms with Gasteiger partial charge in [-0.05, 0) is 49.5 Å². The topological polar surface area (TPSA) is 73.1 Å². The summed E-state index contributed by atoms with van der Waals surface area (Å²) in [4.78, 5) is 2.35. The minimum Gasteiger partial charge on any atom is -0.459 e. The highest BCUT2D eigenvalue weighted by atomic mass is 16.4. The highest BCUT2D eigenvalue weighted by Crippen LogP contribution is 2.28. The first-order valence-electron chi connectivity index (χ1n) is 7.85. The summed E-state index contributed by atoms with van der Waals surface area (Å²) in [5.74, 6) is 2.28. The Morgan fingerprint density at radius 3 is 2.83 bits per heavy atom. The standard InChI is InChI=1S/C16H19N5O2/c1-20-10-13(9-17-20)12-4-6-21(7-5-12)11-15-18-19-16(23-15)14-3-2-8-22-14/h2-3,8-10,12H,4-7,11H2,1H3. The van der Waals surface area contributed by atoms with Crippen molar-refractivity contribution in [2.45, 2.75) is 25.3 Å². The maximum atomic E-state index is 5.67. The lowest BCUT2D eigenvalue weighted by atomic mass is 9.91. The van der Waals surface area contributed by atoms with Gasteiger partial charge in [0.05, 0.1) is 19.0 Å². The van der Waals surface area contributed by atoms with Gasteiger partial charge in [-0.3, -0.25) is 9.58 Å². The van der Waals surface area contributed by atoms with Crippen molar-refractivity contribution < 1.29 is 8.83 Å². The van der Waals surface area contributed by atoms with Crippen LogP contribution in [0.5, 0.6) is 0 Å². The quantitative estimate of drug-likeness (QED) is 0.736. The van der Waals surface area contributed by atoms with Gasteiger partial charge >= 0.3 is 0 Å². The molecule has 120 valence electrons. The molecule has 0 unspecified atom stereocenters. The molecule has 0 N–H and O–H groups in total. The number of likely N-dealkylation sites (tertiary alicyclic amines) is 1. The van der Waals surface area contributed by atoms with Crippen molar-refractivity contribution in [1.82, 2.24) is 24.9 Å². The first-order chi connectivity index (χ1) is 11.3. The number of hydrogen-bond acceptors (Lipinski definition) is 6. The van der Waals surface area contributed by atoms with E-state index in [4.69, 9.17) is 8.83 Å². The first-order valence-corrected chi connectivity index (χ1v) is 7.85. The average molecular weight is 313 g/mol. The molecule has 0 saturated carbocycles. The zero-order chi connectivity index (χ0) is 15.6. The van der Waals surface area contributed by atoms with Crippen LogP contribution in [0, 0.1) is 0 Å². The largest absolute Gasteiger partial charge is 0.459 e. The summed E-state index contributed by atoms with van der Waals surface area (Å²) in [5.41, 5.74) is 1.34. The minimum absolute atomic E-state index is 0.440. The summed E-state index contributed by atoms with van der Waals surface area (Å²) in [7, 11) is 1.96. The van der Waals surface area contributed by atoms with E-state index in [9.17, 15) is 0 Å². The fraction of sp³-hybridized carbons (Fsp3) is 0.438. The molecule has 0 bridgehead atoms. The van der Waals surface area contributed by atoms with E-state index < -0.39 is 0 Å². The van der Waals surface area contributed by atoms with Crippen LogP contribution in [0.25, 0.3) is 11.7 Å². The monoisotopic (exact) mass is 313 g/mol. The van der Waals surface area contributed by atoms with Crippen LogP contribution in [-0.4, -0.2) is 38.0 Å². The van der Waals surface area contributed by atoms with Gasteiger partial charge in [-0.15, -0.1) is 10.2 Å². The van der Waals surface area contributed by atoms with E-state index in [0.29, 0.717) is 30.0 Å². The van der Waals surface area contributed by atoms with Gasteiger partial charge in [0, 0.05) is 13.2 Å². The molecular formula is C16H19N5O2. The Labute approximate surface area is 133 Å². The van der Waals surface area contributed by atoms with E-state index in [2.05, 4.69) is 26.4 Å². The fourth-order valence-electron chi connectivity index (χ4n) is 3.08. The Bertz CT molecular complexity index is 753. The molecule has 4 rings (SSSR count). The first kappa shape index (κ1) is 14.2. The van der Waals surface area contributed by atoms with Gasteiger partial charge in [-0.25, -0.2) is 0 Å². The van der Waals surface area contributed by atoms with E-state index in [-0.39, 0.29) is 0 Å². The summed E-state index contributed by atoms with van der Waals surface area (Å²) in [6, 6.07) is 3.62. The zero-order valence-corrected chi connectivity index (χ0v) is 13.1. The molecule has 1 saturated heterocycles. The predicted molar refractivity (Wildman–Crippen MR) is 82.5 cm³/mol. The van der Waals surface area contributed by atoms with Gasteiger partial charge in [-0.1, -0.05) is 0 Å². The number of furan rings is 1. The predicted octanol–water partition coefficient (Wildman–Crippen LogP) is 2.44. The van der Waals surface area contributed by atoms with Crippen LogP contribution in [0.2, 0.25) is 0 Å². The summed E-state index contributed by atoms with van der Waals surface area (Å²) >= 11 is 0. The van der Waals surface area contributed by atoms with E-state index in [1.807, 2.05) is 30.1 Å². The third-order valence-corrected chi connectivity index (χ3v) is 4.34. The zero-order valence-electron chi connectivity index (χ0n) is 13.1. The Hall–Kier alpha value is -2.41. The second-order valence-corrected chi connectivity index (χ2v) is 5.98. The molecule has 0 aromatic carbocycles. The second kappa shape index (κ2) is 6.00. The van der Waals surface area contributed by atoms with Crippen molar-refractivity contribution in [1.29, 1.82) is 0 Å². The van der Waals surface area contributed by atoms with Crippen LogP contribution >= 0.6 is 0 Å². The number of aryl methyl sites for hydroxylation is 1. The highest BCUT2D eigenvalue weighted by Gasteiger charge is 2.23. The van der Waals surface area contributed by atoms with Crippen molar-refractivity contribution in [3.8, 4) is 11.7 Å². The highest BCUT2D eigenvalue weighted by molar-refractivity contribution is 5.42. The molecule has 4 heterocycles. The van der Waals surface area contributed by atoms with E-state index >= 15 is 0 Å². The third-order valence-electron chi connectivity index (χ3n) is 4.34. The molecule has 0 aliphatic carbocycles. The summed E-state index contributed by atoms with van der Waals surface area (Å²) in [6.45, 7) is 2.74. The van der Waals surface area contributed by atoms with Gasteiger partial charge in [0.1, 0.15) is 0 Å². The van der Waals surface area contributed by atoms with Gasteiger partial charge < -0.3 is 8.83 Å². The maximum absolute atomic E-state index is 5.67. The Morgan fingerprint density at radius 1 is 1.26 bits per heavy atom. The van der Waals surface area contributed by atoms with Crippen LogP contribution in [0.15, 0.2) is 39.6 Å². The molecule has 7 nitrogen and oxygen atoms in total. The molecule has 1 fully saturated rings. The second-order valence-electron chi connectivity index (χ2n) is 5.98. The molecule has 7 heteroatoms. The lowest BCUT2D eigenvalue weighted by Crippen LogP contribution is -2.32. The number of nitrogens with zero attached hydrogens (tertiary/aromatic N) is 5. The van der Waals surface area contributed by atoms with Crippen LogP contribution in [0.3, 0.4) is 0 Å². The fourth-order valence-corrected chi connectivity index (χ4v) is 3.08. The molecule has 1 aliphatic heterocycles. The van der Waals surface area contributed by atoms with Crippen molar-refractivity contribution in [2.24, 2.45) is 7.05 Å². The molecule has 0 atom stereocenters. The van der Waals surface area contributed by atoms with Crippen LogP contribution in [0.4, 0.5) is 0 Å². The summed E-state index contributed by atoms with van der Waals surface area (Å²) < 4.78 is 12.8. The molecule has 0 radical (unpaired) electrons. The number of piperidine rings is 1. The van der Waals surface area contributed by atoms with Gasteiger partial charge in [-0.2, -0.15) is 5.10 Å². The van der Waals surface area contributed by atoms with Crippen molar-refractivity contribution in [2.75, 3.05) is 13.1 Å². The minimum atomic E-state index is 0.440. The average Bonchev–Trinajstić information content (AvgIpc) is 3.28. The van der Waals surface area contributed by atoms with E-state index in [1.165, 1.54) is 5.56 Å². The molecule has 1 aliphatic rings. The molecule has 3 aromatic heterocycles. The number of rotatable bonds is 4. The SMILES string of the molecule is Cn1cc(C2CCN(Cc3nnc(-c4ccco4)o3)CC2)cn1. The lowest BCUT2D eigenvalue weighted by Gasteiger charge is -2.30. The molecular weight excluding hydrogens is 294 g/mol. The van der Waals surface area contributed by atoms with E-state index in [1.54, 1.807) is 6.26 Å². The van der Waals surface area contributed by atoms with Crippen molar-refractivity contribution in [3.63, 3.8) is 0 Å². The molecule has 0 amide bonds. The number of aromatic nitrogens is 4.